The zero-order chi connectivity index (χ0) is 21.4. The summed E-state index contributed by atoms with van der Waals surface area (Å²) in [5.74, 6) is 0.498. The predicted molar refractivity (Wildman–Crippen MR) is 121 cm³/mol. The maximum Gasteiger partial charge on any atom is 0.224 e. The van der Waals surface area contributed by atoms with Gasteiger partial charge in [0, 0.05) is 31.7 Å². The van der Waals surface area contributed by atoms with Gasteiger partial charge in [0.1, 0.15) is 11.7 Å². The lowest BCUT2D eigenvalue weighted by Gasteiger charge is -2.30. The number of piperazine rings is 1. The fourth-order valence-electron chi connectivity index (χ4n) is 4.12. The van der Waals surface area contributed by atoms with E-state index in [2.05, 4.69) is 25.2 Å². The molecule has 2 aromatic carbocycles. The molecule has 10 heteroatoms. The molecule has 2 aliphatic heterocycles. The van der Waals surface area contributed by atoms with Crippen molar-refractivity contribution in [3.05, 3.63) is 40.4 Å². The van der Waals surface area contributed by atoms with Gasteiger partial charge in [-0.3, -0.25) is 4.90 Å². The Bertz CT molecular complexity index is 1150. The number of ether oxygens (including phenoxy) is 1. The van der Waals surface area contributed by atoms with E-state index in [1.54, 1.807) is 0 Å². The first-order chi connectivity index (χ1) is 15.1. The number of hydrogen-bond donors (Lipinski definition) is 2. The number of nitrogen functional groups attached to an aromatic ring is 1. The topological polar surface area (TPSA) is 106 Å². The van der Waals surface area contributed by atoms with Crippen LogP contribution in [-0.2, 0) is 22.7 Å². The number of carbonyl (C=O) groups excluding carboxylic acids is 1. The first-order valence-electron chi connectivity index (χ1n) is 10.0. The summed E-state index contributed by atoms with van der Waals surface area (Å²) in [5.41, 5.74) is 8.89. The highest BCUT2D eigenvalue weighted by Gasteiger charge is 2.24. The fourth-order valence-corrected chi connectivity index (χ4v) is 5.35. The molecule has 1 atom stereocenters. The minimum Gasteiger partial charge on any atom is -0.372 e. The van der Waals surface area contributed by atoms with Crippen LogP contribution in [-0.4, -0.2) is 57.7 Å². The van der Waals surface area contributed by atoms with Gasteiger partial charge in [0.15, 0.2) is 11.0 Å². The van der Waals surface area contributed by atoms with Gasteiger partial charge in [0.25, 0.3) is 0 Å². The Morgan fingerprint density at radius 1 is 1.19 bits per heavy atom. The molecule has 0 saturated carbocycles. The van der Waals surface area contributed by atoms with Crippen LogP contribution in [0.25, 0.3) is 22.2 Å². The first-order valence-corrected chi connectivity index (χ1v) is 11.3. The van der Waals surface area contributed by atoms with Gasteiger partial charge in [0.2, 0.25) is 5.95 Å². The fraction of sp³-hybridized carbons (Fsp3) is 0.333. The minimum atomic E-state index is -0.388. The summed E-state index contributed by atoms with van der Waals surface area (Å²) >= 11 is 7.96. The number of nitrogens with one attached hydrogen (secondary N) is 1. The normalized spacial score (nSPS) is 17.6. The van der Waals surface area contributed by atoms with Gasteiger partial charge in [-0.15, -0.1) is 0 Å². The van der Waals surface area contributed by atoms with Crippen LogP contribution >= 0.6 is 23.4 Å². The average molecular weight is 457 g/mol. The third-order valence-corrected chi connectivity index (χ3v) is 6.85. The molecule has 3 N–H and O–H groups in total. The lowest BCUT2D eigenvalue weighted by molar-refractivity contribution is -0.110. The van der Waals surface area contributed by atoms with Crippen molar-refractivity contribution in [3.8, 4) is 11.4 Å². The van der Waals surface area contributed by atoms with E-state index in [9.17, 15) is 4.79 Å². The Kier molecular flexibility index (Phi) is 5.77. The number of rotatable bonds is 5. The van der Waals surface area contributed by atoms with Gasteiger partial charge in [-0.05, 0) is 28.0 Å². The maximum absolute atomic E-state index is 11.8. The Hall–Kier alpha value is -2.30. The highest BCUT2D eigenvalue weighted by atomic mass is 35.5. The highest BCUT2D eigenvalue weighted by molar-refractivity contribution is 8.00. The summed E-state index contributed by atoms with van der Waals surface area (Å²) in [6, 6.07) is 7.94. The summed E-state index contributed by atoms with van der Waals surface area (Å²) < 4.78 is 5.67. The molecule has 3 aromatic rings. The number of nitrogens with two attached hydrogens (primary N) is 1. The van der Waals surface area contributed by atoms with E-state index in [0.29, 0.717) is 34.8 Å². The average Bonchev–Trinajstić information content (AvgIpc) is 2.78. The summed E-state index contributed by atoms with van der Waals surface area (Å²) in [7, 11) is 0. The molecule has 5 rings (SSSR count). The van der Waals surface area contributed by atoms with Crippen molar-refractivity contribution in [2.24, 2.45) is 0 Å². The van der Waals surface area contributed by atoms with Gasteiger partial charge in [0.05, 0.1) is 18.2 Å². The van der Waals surface area contributed by atoms with Crippen molar-refractivity contribution < 1.29 is 9.53 Å². The van der Waals surface area contributed by atoms with Crippen LogP contribution in [0.15, 0.2) is 29.4 Å². The number of thioether (sulfide) groups is 1. The smallest absolute Gasteiger partial charge is 0.224 e. The molecule has 31 heavy (non-hydrogen) atoms. The molecule has 0 radical (unpaired) electrons. The second kappa shape index (κ2) is 8.68. The van der Waals surface area contributed by atoms with Crippen LogP contribution in [0, 0.1) is 0 Å². The van der Waals surface area contributed by atoms with E-state index in [1.807, 2.05) is 24.3 Å². The molecule has 0 spiro atoms. The lowest BCUT2D eigenvalue weighted by atomic mass is 9.94. The van der Waals surface area contributed by atoms with Crippen LogP contribution < -0.4 is 11.1 Å². The predicted octanol–water partition coefficient (Wildman–Crippen LogP) is 2.48. The van der Waals surface area contributed by atoms with Crippen molar-refractivity contribution in [2.45, 2.75) is 23.7 Å². The molecule has 0 aliphatic carbocycles. The van der Waals surface area contributed by atoms with Gasteiger partial charge in [-0.1, -0.05) is 41.6 Å². The summed E-state index contributed by atoms with van der Waals surface area (Å²) in [4.78, 5) is 27.2. The van der Waals surface area contributed by atoms with E-state index in [-0.39, 0.29) is 11.3 Å². The number of nitrogens with zero attached hydrogens (tertiary/aromatic N) is 4. The van der Waals surface area contributed by atoms with Crippen molar-refractivity contribution >= 4 is 46.4 Å². The molecule has 1 saturated heterocycles. The molecule has 160 valence electrons. The first kappa shape index (κ1) is 20.6. The summed E-state index contributed by atoms with van der Waals surface area (Å²) in [5, 5.41) is 5.90. The zero-order valence-electron chi connectivity index (χ0n) is 16.7. The molecule has 0 bridgehead atoms. The van der Waals surface area contributed by atoms with Crippen LogP contribution in [0.3, 0.4) is 0 Å². The van der Waals surface area contributed by atoms with Crippen molar-refractivity contribution in [1.82, 2.24) is 25.2 Å². The quantitative estimate of drug-likeness (QED) is 0.442. The van der Waals surface area contributed by atoms with Crippen molar-refractivity contribution in [1.29, 1.82) is 0 Å². The van der Waals surface area contributed by atoms with Gasteiger partial charge in [-0.2, -0.15) is 9.97 Å². The van der Waals surface area contributed by atoms with Gasteiger partial charge >= 0.3 is 0 Å². The van der Waals surface area contributed by atoms with Crippen molar-refractivity contribution in [3.63, 3.8) is 0 Å². The number of aldehydes is 1. The van der Waals surface area contributed by atoms with E-state index in [4.69, 9.17) is 22.1 Å². The Morgan fingerprint density at radius 3 is 2.81 bits per heavy atom. The molecular weight excluding hydrogens is 436 g/mol. The number of carbonyl (C=O) groups is 1. The van der Waals surface area contributed by atoms with Crippen LogP contribution in [0.2, 0.25) is 5.02 Å². The monoisotopic (exact) mass is 456 g/mol. The maximum atomic E-state index is 11.8. The highest BCUT2D eigenvalue weighted by Crippen LogP contribution is 2.40. The number of hydrogen-bond acceptors (Lipinski definition) is 9. The third-order valence-electron chi connectivity index (χ3n) is 5.51. The summed E-state index contributed by atoms with van der Waals surface area (Å²) in [6.07, 6.45) is 0.922. The number of halogens is 1. The Labute approximate surface area is 188 Å². The number of aromatic nitrogens is 3. The Balaban J connectivity index is 1.57. The standard InChI is InChI=1S/C21H21ClN6O2S/c22-15-8-13-11-30-10-12-2-1-3-14(17(12)13)18(15)19-25-20(23)27-21(26-19)31-16(9-29)28-6-4-24-5-7-28/h1-3,8-9,16,24H,4-7,10-11H2,(H2,23,25,26,27). The Morgan fingerprint density at radius 2 is 2.00 bits per heavy atom. The lowest BCUT2D eigenvalue weighted by Crippen LogP contribution is -2.47. The molecule has 2 aliphatic rings. The molecular formula is C21H21ClN6O2S. The minimum absolute atomic E-state index is 0.0948. The molecule has 1 aromatic heterocycles. The molecule has 1 unspecified atom stereocenters. The van der Waals surface area contributed by atoms with E-state index in [1.165, 1.54) is 11.8 Å². The largest absolute Gasteiger partial charge is 0.372 e. The van der Waals surface area contributed by atoms with E-state index >= 15 is 0 Å². The van der Waals surface area contributed by atoms with Gasteiger partial charge < -0.3 is 20.6 Å². The van der Waals surface area contributed by atoms with E-state index < -0.39 is 0 Å². The number of anilines is 1. The van der Waals surface area contributed by atoms with Crippen LogP contribution in [0.5, 0.6) is 0 Å². The second-order valence-electron chi connectivity index (χ2n) is 7.46. The molecule has 1 fully saturated rings. The van der Waals surface area contributed by atoms with E-state index in [0.717, 1.165) is 54.4 Å². The zero-order valence-corrected chi connectivity index (χ0v) is 18.2. The molecule has 0 amide bonds. The third kappa shape index (κ3) is 3.99. The number of benzene rings is 2. The molecule has 3 heterocycles. The van der Waals surface area contributed by atoms with Crippen LogP contribution in [0.1, 0.15) is 11.1 Å². The van der Waals surface area contributed by atoms with Crippen molar-refractivity contribution in [2.75, 3.05) is 31.9 Å². The second-order valence-corrected chi connectivity index (χ2v) is 8.95. The summed E-state index contributed by atoms with van der Waals surface area (Å²) in [6.45, 7) is 4.32. The SMILES string of the molecule is Nc1nc(SC(C=O)N2CCNCC2)nc(-c2c(Cl)cc3c4c(cccc24)COC3)n1. The van der Waals surface area contributed by atoms with Crippen LogP contribution in [0.4, 0.5) is 5.95 Å². The van der Waals surface area contributed by atoms with Gasteiger partial charge in [-0.25, -0.2) is 4.98 Å². The molecule has 8 nitrogen and oxygen atoms in total.